The third-order valence-electron chi connectivity index (χ3n) is 5.91. The monoisotopic (exact) mass is 421 g/mol. The Morgan fingerprint density at radius 2 is 1.87 bits per heavy atom. The lowest BCUT2D eigenvalue weighted by Crippen LogP contribution is -2.41. The normalized spacial score (nSPS) is 12.5. The van der Waals surface area contributed by atoms with Gasteiger partial charge in [-0.05, 0) is 82.3 Å². The van der Waals surface area contributed by atoms with E-state index in [0.29, 0.717) is 18.9 Å². The van der Waals surface area contributed by atoms with Gasteiger partial charge in [0, 0.05) is 34.9 Å². The maximum atomic E-state index is 13.0. The van der Waals surface area contributed by atoms with E-state index < -0.39 is 11.0 Å². The predicted octanol–water partition coefficient (Wildman–Crippen LogP) is 5.22. The third-order valence-corrected chi connectivity index (χ3v) is 5.91. The zero-order chi connectivity index (χ0) is 23.0. The highest BCUT2D eigenvalue weighted by molar-refractivity contribution is 5.94. The quantitative estimate of drug-likeness (QED) is 0.490. The van der Waals surface area contributed by atoms with Crippen molar-refractivity contribution in [3.05, 3.63) is 53.3 Å². The van der Waals surface area contributed by atoms with Crippen LogP contribution in [0, 0.1) is 6.92 Å². The van der Waals surface area contributed by atoms with Crippen molar-refractivity contribution in [2.75, 3.05) is 6.54 Å². The van der Waals surface area contributed by atoms with Gasteiger partial charge in [0.1, 0.15) is 0 Å². The Morgan fingerprint density at radius 3 is 2.48 bits per heavy atom. The largest absolute Gasteiger partial charge is 0.390 e. The Hall–Kier alpha value is -2.66. The van der Waals surface area contributed by atoms with Gasteiger partial charge in [-0.15, -0.1) is 0 Å². The molecule has 0 fully saturated rings. The lowest BCUT2D eigenvalue weighted by molar-refractivity contribution is -0.125. The molecule has 0 saturated carbocycles. The Morgan fingerprint density at radius 1 is 1.16 bits per heavy atom. The van der Waals surface area contributed by atoms with E-state index in [1.807, 2.05) is 39.1 Å². The lowest BCUT2D eigenvalue weighted by atomic mass is 9.82. The summed E-state index contributed by atoms with van der Waals surface area (Å²) in [5.74, 6) is 0.277. The van der Waals surface area contributed by atoms with Crippen LogP contribution < -0.4 is 5.32 Å². The molecule has 3 aromatic rings. The molecule has 0 aliphatic carbocycles. The van der Waals surface area contributed by atoms with Crippen LogP contribution in [0.5, 0.6) is 0 Å². The summed E-state index contributed by atoms with van der Waals surface area (Å²) in [6.45, 7) is 14.2. The van der Waals surface area contributed by atoms with Gasteiger partial charge in [-0.3, -0.25) is 9.78 Å². The van der Waals surface area contributed by atoms with Crippen molar-refractivity contribution in [1.82, 2.24) is 15.3 Å². The number of aromatic amines is 1. The van der Waals surface area contributed by atoms with E-state index in [-0.39, 0.29) is 5.91 Å². The maximum absolute atomic E-state index is 13.0. The molecule has 3 rings (SSSR count). The van der Waals surface area contributed by atoms with Crippen molar-refractivity contribution in [1.29, 1.82) is 0 Å². The highest BCUT2D eigenvalue weighted by atomic mass is 16.3. The fraction of sp³-hybridized carbons (Fsp3) is 0.462. The molecule has 2 heterocycles. The van der Waals surface area contributed by atoms with Crippen molar-refractivity contribution >= 4 is 16.8 Å². The molecule has 0 radical (unpaired) electrons. The summed E-state index contributed by atoms with van der Waals surface area (Å²) >= 11 is 0. The van der Waals surface area contributed by atoms with E-state index in [4.69, 9.17) is 0 Å². The molecule has 0 unspecified atom stereocenters. The molecule has 31 heavy (non-hydrogen) atoms. The first-order valence-electron chi connectivity index (χ1n) is 11.0. The van der Waals surface area contributed by atoms with Crippen molar-refractivity contribution in [3.63, 3.8) is 0 Å². The summed E-state index contributed by atoms with van der Waals surface area (Å²) in [5, 5.41) is 14.0. The molecule has 0 bridgehead atoms. The van der Waals surface area contributed by atoms with E-state index in [9.17, 15) is 9.90 Å². The van der Waals surface area contributed by atoms with Gasteiger partial charge >= 0.3 is 0 Å². The highest BCUT2D eigenvalue weighted by Gasteiger charge is 2.31. The summed E-state index contributed by atoms with van der Waals surface area (Å²) in [7, 11) is 0. The molecule has 0 saturated heterocycles. The van der Waals surface area contributed by atoms with Crippen LogP contribution in [0.4, 0.5) is 0 Å². The summed E-state index contributed by atoms with van der Waals surface area (Å²) < 4.78 is 0. The van der Waals surface area contributed by atoms with E-state index in [0.717, 1.165) is 33.4 Å². The number of carbonyl (C=O) groups is 1. The first kappa shape index (κ1) is 23.0. The molecular weight excluding hydrogens is 386 g/mol. The Kier molecular flexibility index (Phi) is 6.28. The van der Waals surface area contributed by atoms with Crippen molar-refractivity contribution in [2.24, 2.45) is 0 Å². The molecule has 3 N–H and O–H groups in total. The minimum Gasteiger partial charge on any atom is -0.390 e. The second-order valence-electron chi connectivity index (χ2n) is 9.96. The number of pyridine rings is 1. The molecule has 0 aliphatic rings. The molecule has 0 aliphatic heterocycles. The highest BCUT2D eigenvalue weighted by Crippen LogP contribution is 2.37. The fourth-order valence-corrected chi connectivity index (χ4v) is 3.96. The molecule has 1 aromatic carbocycles. The van der Waals surface area contributed by atoms with Gasteiger partial charge in [-0.25, -0.2) is 0 Å². The number of hydrogen-bond donors (Lipinski definition) is 3. The molecule has 0 atom stereocenters. The van der Waals surface area contributed by atoms with Crippen LogP contribution in [-0.2, 0) is 10.2 Å². The number of benzene rings is 1. The number of nitrogens with zero attached hydrogens (tertiary/aromatic N) is 1. The van der Waals surface area contributed by atoms with Gasteiger partial charge in [-0.2, -0.15) is 0 Å². The number of aromatic nitrogens is 2. The van der Waals surface area contributed by atoms with Gasteiger partial charge in [0.15, 0.2) is 0 Å². The number of amides is 1. The summed E-state index contributed by atoms with van der Waals surface area (Å²) in [5.41, 5.74) is 5.02. The van der Waals surface area contributed by atoms with E-state index in [1.165, 1.54) is 5.56 Å². The minimum absolute atomic E-state index is 0.0392. The fourth-order valence-electron chi connectivity index (χ4n) is 3.96. The molecule has 1 amide bonds. The van der Waals surface area contributed by atoms with Gasteiger partial charge in [0.05, 0.1) is 16.7 Å². The number of fused-ring (bicyclic) bond motifs is 1. The van der Waals surface area contributed by atoms with Gasteiger partial charge < -0.3 is 15.4 Å². The molecule has 0 spiro atoms. The van der Waals surface area contributed by atoms with E-state index in [1.54, 1.807) is 13.8 Å². The second-order valence-corrected chi connectivity index (χ2v) is 9.96. The van der Waals surface area contributed by atoms with E-state index >= 15 is 0 Å². The van der Waals surface area contributed by atoms with Gasteiger partial charge in [-0.1, -0.05) is 19.9 Å². The van der Waals surface area contributed by atoms with Crippen LogP contribution in [0.1, 0.15) is 70.7 Å². The van der Waals surface area contributed by atoms with Crippen molar-refractivity contribution in [3.8, 4) is 11.3 Å². The number of hydrogen-bond acceptors (Lipinski definition) is 3. The van der Waals surface area contributed by atoms with Crippen LogP contribution in [0.2, 0.25) is 0 Å². The number of carbonyl (C=O) groups excluding carboxylic acids is 1. The number of aryl methyl sites for hydroxylation is 1. The first-order valence-corrected chi connectivity index (χ1v) is 11.0. The molecular formula is C26H35N3O2. The average Bonchev–Trinajstić information content (AvgIpc) is 3.05. The smallest absolute Gasteiger partial charge is 0.230 e. The summed E-state index contributed by atoms with van der Waals surface area (Å²) in [4.78, 5) is 20.9. The van der Waals surface area contributed by atoms with Crippen LogP contribution in [0.3, 0.4) is 0 Å². The summed E-state index contributed by atoms with van der Waals surface area (Å²) in [6, 6.07) is 10.4. The standard InChI is InChI=1S/C26H35N3O2/c1-16(2)22-20-15-19(26(6,7)24(30)28-13-11-25(4,5)31)8-9-21(20)29-23(22)18-10-12-27-17(3)14-18/h8-10,12,14-16,29,31H,11,13H2,1-7H3,(H,28,30). The zero-order valence-corrected chi connectivity index (χ0v) is 19.8. The van der Waals surface area contributed by atoms with Crippen molar-refractivity contribution in [2.45, 2.75) is 71.8 Å². The zero-order valence-electron chi connectivity index (χ0n) is 19.8. The Balaban J connectivity index is 2.00. The Labute approximate surface area is 185 Å². The third kappa shape index (κ3) is 4.99. The predicted molar refractivity (Wildman–Crippen MR) is 127 cm³/mol. The van der Waals surface area contributed by atoms with Crippen molar-refractivity contribution < 1.29 is 9.90 Å². The molecule has 166 valence electrons. The number of nitrogens with one attached hydrogen (secondary N) is 2. The minimum atomic E-state index is -0.796. The number of aliphatic hydroxyl groups is 1. The van der Waals surface area contributed by atoms with E-state index in [2.05, 4.69) is 47.3 Å². The molecule has 5 nitrogen and oxygen atoms in total. The van der Waals surface area contributed by atoms with Crippen LogP contribution >= 0.6 is 0 Å². The molecule has 2 aromatic heterocycles. The molecule has 5 heteroatoms. The van der Waals surface area contributed by atoms with Crippen LogP contribution in [0.15, 0.2) is 36.5 Å². The number of H-pyrrole nitrogens is 1. The summed E-state index contributed by atoms with van der Waals surface area (Å²) in [6.07, 6.45) is 2.35. The topological polar surface area (TPSA) is 78.0 Å². The SMILES string of the molecule is Cc1cc(-c2[nH]c3ccc(C(C)(C)C(=O)NCCC(C)(C)O)cc3c2C(C)C)ccn1. The second kappa shape index (κ2) is 8.46. The number of rotatable bonds is 7. The van der Waals surface area contributed by atoms with Gasteiger partial charge in [0.25, 0.3) is 0 Å². The lowest BCUT2D eigenvalue weighted by Gasteiger charge is -2.26. The average molecular weight is 422 g/mol. The first-order chi connectivity index (χ1) is 14.4. The van der Waals surface area contributed by atoms with Gasteiger partial charge in [0.2, 0.25) is 5.91 Å². The Bertz CT molecular complexity index is 1090. The maximum Gasteiger partial charge on any atom is 0.230 e. The van der Waals surface area contributed by atoms with Crippen LogP contribution in [-0.4, -0.2) is 33.1 Å². The van der Waals surface area contributed by atoms with Crippen LogP contribution in [0.25, 0.3) is 22.2 Å².